The van der Waals surface area contributed by atoms with E-state index < -0.39 is 12.6 Å². The molecule has 0 aromatic carbocycles. The average Bonchev–Trinajstić information content (AvgIpc) is 2.79. The Hall–Kier alpha value is -1.26. The monoisotopic (exact) mass is 477 g/mol. The minimum atomic E-state index is -1.11. The molecule has 0 radical (unpaired) electrons. The molecule has 9 heteroatoms. The first kappa shape index (κ1) is 31.7. The third kappa shape index (κ3) is 28.7. The van der Waals surface area contributed by atoms with Crippen molar-refractivity contribution in [3.63, 3.8) is 0 Å². The molecule has 0 fully saturated rings. The van der Waals surface area contributed by atoms with Crippen LogP contribution >= 0.6 is 0 Å². The summed E-state index contributed by atoms with van der Waals surface area (Å²) in [6, 6.07) is 0. The van der Waals surface area contributed by atoms with Crippen LogP contribution in [0.25, 0.3) is 0 Å². The minimum Gasteiger partial charge on any atom is -0.480 e. The normalized spacial score (nSPS) is 11.1. The zero-order valence-electron chi connectivity index (χ0n) is 20.7. The average molecular weight is 478 g/mol. The van der Waals surface area contributed by atoms with Crippen molar-refractivity contribution >= 4 is 11.9 Å². The molecule has 2 N–H and O–H groups in total. The van der Waals surface area contributed by atoms with Gasteiger partial charge in [-0.2, -0.15) is 0 Å². The predicted molar refractivity (Wildman–Crippen MR) is 127 cm³/mol. The molecule has 196 valence electrons. The number of unbranched alkanes of at least 4 members (excludes halogenated alkanes) is 9. The van der Waals surface area contributed by atoms with Crippen molar-refractivity contribution in [2.75, 3.05) is 72.6 Å². The van der Waals surface area contributed by atoms with Gasteiger partial charge in [-0.1, -0.05) is 64.7 Å². The van der Waals surface area contributed by atoms with E-state index in [0.29, 0.717) is 52.8 Å². The maximum Gasteiger partial charge on any atom is 0.329 e. The second kappa shape index (κ2) is 27.0. The van der Waals surface area contributed by atoms with E-state index in [1.54, 1.807) is 0 Å². The SMILES string of the molecule is CCCCCCCCCCCCOCCOCCOCCOCCNC(=O)COCC(=O)O. The fourth-order valence-corrected chi connectivity index (χ4v) is 3.00. The van der Waals surface area contributed by atoms with Crippen molar-refractivity contribution in [1.82, 2.24) is 5.32 Å². The van der Waals surface area contributed by atoms with Crippen LogP contribution in [0.15, 0.2) is 0 Å². The van der Waals surface area contributed by atoms with Gasteiger partial charge in [0.1, 0.15) is 13.2 Å². The Morgan fingerprint density at radius 3 is 1.55 bits per heavy atom. The van der Waals surface area contributed by atoms with E-state index in [1.807, 2.05) is 0 Å². The summed E-state index contributed by atoms with van der Waals surface area (Å²) in [7, 11) is 0. The summed E-state index contributed by atoms with van der Waals surface area (Å²) >= 11 is 0. The van der Waals surface area contributed by atoms with Crippen molar-refractivity contribution in [1.29, 1.82) is 0 Å². The second-order valence-electron chi connectivity index (χ2n) is 7.87. The van der Waals surface area contributed by atoms with Crippen LogP contribution in [-0.2, 0) is 33.3 Å². The van der Waals surface area contributed by atoms with Gasteiger partial charge in [0, 0.05) is 13.2 Å². The molecule has 0 atom stereocenters. The molecule has 0 aromatic rings. The molecule has 0 heterocycles. The molecule has 33 heavy (non-hydrogen) atoms. The maximum atomic E-state index is 11.3. The third-order valence-corrected chi connectivity index (χ3v) is 4.79. The largest absolute Gasteiger partial charge is 0.480 e. The molecule has 0 unspecified atom stereocenters. The highest BCUT2D eigenvalue weighted by molar-refractivity contribution is 5.77. The van der Waals surface area contributed by atoms with Gasteiger partial charge in [0.15, 0.2) is 0 Å². The lowest BCUT2D eigenvalue weighted by Gasteiger charge is -2.08. The fourth-order valence-electron chi connectivity index (χ4n) is 3.00. The Balaban J connectivity index is 3.09. The number of hydrogen-bond donors (Lipinski definition) is 2. The van der Waals surface area contributed by atoms with Crippen LogP contribution in [-0.4, -0.2) is 89.6 Å². The third-order valence-electron chi connectivity index (χ3n) is 4.79. The number of carbonyl (C=O) groups excluding carboxylic acids is 1. The highest BCUT2D eigenvalue weighted by Gasteiger charge is 2.03. The fraction of sp³-hybridized carbons (Fsp3) is 0.917. The molecule has 0 saturated heterocycles. The Kier molecular flexibility index (Phi) is 26.0. The first-order valence-electron chi connectivity index (χ1n) is 12.5. The standard InChI is InChI=1S/C24H47NO8/c1-2-3-4-5-6-7-8-9-10-11-13-29-15-17-31-19-20-32-18-16-30-14-12-25-23(26)21-33-22-24(27)28/h2-22H2,1H3,(H,25,26)(H,27,28). The Bertz CT molecular complexity index is 437. The number of carbonyl (C=O) groups is 2. The van der Waals surface area contributed by atoms with Gasteiger partial charge in [0.05, 0.1) is 46.2 Å². The minimum absolute atomic E-state index is 0.278. The molecule has 0 saturated carbocycles. The van der Waals surface area contributed by atoms with E-state index >= 15 is 0 Å². The van der Waals surface area contributed by atoms with Crippen LogP contribution in [0, 0.1) is 0 Å². The molecule has 0 spiro atoms. The van der Waals surface area contributed by atoms with Crippen molar-refractivity contribution < 1.29 is 38.4 Å². The van der Waals surface area contributed by atoms with Gasteiger partial charge in [-0.15, -0.1) is 0 Å². The summed E-state index contributed by atoms with van der Waals surface area (Å²) in [6.45, 7) is 6.07. The van der Waals surface area contributed by atoms with Crippen molar-refractivity contribution in [3.8, 4) is 0 Å². The zero-order valence-corrected chi connectivity index (χ0v) is 20.7. The maximum absolute atomic E-state index is 11.3. The molecule has 0 aliphatic carbocycles. The van der Waals surface area contributed by atoms with E-state index in [9.17, 15) is 9.59 Å². The zero-order chi connectivity index (χ0) is 24.2. The van der Waals surface area contributed by atoms with Crippen molar-refractivity contribution in [2.24, 2.45) is 0 Å². The summed E-state index contributed by atoms with van der Waals surface area (Å²) < 4.78 is 26.4. The number of amides is 1. The molecule has 0 aliphatic heterocycles. The molecular formula is C24H47NO8. The molecular weight excluding hydrogens is 430 g/mol. The van der Waals surface area contributed by atoms with Gasteiger partial charge in [0.2, 0.25) is 5.91 Å². The Morgan fingerprint density at radius 1 is 0.576 bits per heavy atom. The number of hydrogen-bond acceptors (Lipinski definition) is 7. The quantitative estimate of drug-likeness (QED) is 0.174. The molecule has 9 nitrogen and oxygen atoms in total. The molecule has 1 amide bonds. The lowest BCUT2D eigenvalue weighted by atomic mass is 10.1. The summed E-state index contributed by atoms with van der Waals surface area (Å²) in [6.07, 6.45) is 13.3. The van der Waals surface area contributed by atoms with Crippen LogP contribution in [0.2, 0.25) is 0 Å². The van der Waals surface area contributed by atoms with E-state index in [2.05, 4.69) is 17.0 Å². The number of rotatable bonds is 27. The van der Waals surface area contributed by atoms with Crippen molar-refractivity contribution in [3.05, 3.63) is 0 Å². The highest BCUT2D eigenvalue weighted by atomic mass is 16.6. The van der Waals surface area contributed by atoms with E-state index in [-0.39, 0.29) is 12.5 Å². The van der Waals surface area contributed by atoms with E-state index in [1.165, 1.54) is 57.8 Å². The predicted octanol–water partition coefficient (Wildman–Crippen LogP) is 3.19. The van der Waals surface area contributed by atoms with Gasteiger partial charge in [0.25, 0.3) is 0 Å². The summed E-state index contributed by atoms with van der Waals surface area (Å²) in [4.78, 5) is 21.6. The Labute approximate surface area is 199 Å². The smallest absolute Gasteiger partial charge is 0.329 e. The van der Waals surface area contributed by atoms with Gasteiger partial charge in [-0.25, -0.2) is 4.79 Å². The van der Waals surface area contributed by atoms with Gasteiger partial charge in [-0.3, -0.25) is 4.79 Å². The molecule has 0 rings (SSSR count). The van der Waals surface area contributed by atoms with Gasteiger partial charge < -0.3 is 34.1 Å². The number of carboxylic acids is 1. The van der Waals surface area contributed by atoms with Crippen LogP contribution in [0.4, 0.5) is 0 Å². The number of nitrogens with one attached hydrogen (secondary N) is 1. The van der Waals surface area contributed by atoms with Crippen molar-refractivity contribution in [2.45, 2.75) is 71.1 Å². The van der Waals surface area contributed by atoms with Crippen LogP contribution < -0.4 is 5.32 Å². The van der Waals surface area contributed by atoms with Crippen LogP contribution in [0.3, 0.4) is 0 Å². The molecule has 0 bridgehead atoms. The highest BCUT2D eigenvalue weighted by Crippen LogP contribution is 2.10. The van der Waals surface area contributed by atoms with Gasteiger partial charge >= 0.3 is 5.97 Å². The Morgan fingerprint density at radius 2 is 1.03 bits per heavy atom. The lowest BCUT2D eigenvalue weighted by Crippen LogP contribution is -2.31. The summed E-state index contributed by atoms with van der Waals surface area (Å²) in [5, 5.41) is 11.0. The number of ether oxygens (including phenoxy) is 5. The summed E-state index contributed by atoms with van der Waals surface area (Å²) in [5.41, 5.74) is 0. The first-order chi connectivity index (χ1) is 16.2. The van der Waals surface area contributed by atoms with Crippen LogP contribution in [0.1, 0.15) is 71.1 Å². The van der Waals surface area contributed by atoms with E-state index in [4.69, 9.17) is 24.1 Å². The topological polar surface area (TPSA) is 113 Å². The molecule has 0 aromatic heterocycles. The van der Waals surface area contributed by atoms with E-state index in [0.717, 1.165) is 13.0 Å². The first-order valence-corrected chi connectivity index (χ1v) is 12.5. The number of aliphatic carboxylic acids is 1. The van der Waals surface area contributed by atoms with Gasteiger partial charge in [-0.05, 0) is 6.42 Å². The number of carboxylic acid groups (broad SMARTS) is 1. The second-order valence-corrected chi connectivity index (χ2v) is 7.87. The molecule has 0 aliphatic rings. The summed E-state index contributed by atoms with van der Waals surface area (Å²) in [5.74, 6) is -1.48. The van der Waals surface area contributed by atoms with Crippen LogP contribution in [0.5, 0.6) is 0 Å². The lowest BCUT2D eigenvalue weighted by molar-refractivity contribution is -0.143.